The Bertz CT molecular complexity index is 410. The van der Waals surface area contributed by atoms with Gasteiger partial charge in [-0.25, -0.2) is 0 Å². The molecule has 0 aromatic rings. The molecular formula is C20H38N4O2. The van der Waals surface area contributed by atoms with E-state index in [9.17, 15) is 0 Å². The van der Waals surface area contributed by atoms with E-state index in [2.05, 4.69) is 47.5 Å². The van der Waals surface area contributed by atoms with Gasteiger partial charge in [0.25, 0.3) is 0 Å². The minimum atomic E-state index is 0.278. The average molecular weight is 367 g/mol. The third-order valence-electron chi connectivity index (χ3n) is 4.52. The fourth-order valence-electron chi connectivity index (χ4n) is 3.06. The monoisotopic (exact) mass is 366 g/mol. The molecular weight excluding hydrogens is 328 g/mol. The van der Waals surface area contributed by atoms with Crippen LogP contribution in [0.5, 0.6) is 0 Å². The molecule has 0 aromatic heterocycles. The molecule has 0 spiro atoms. The number of hydrogen-bond donors (Lipinski definition) is 2. The third-order valence-corrected chi connectivity index (χ3v) is 4.52. The van der Waals surface area contributed by atoms with Crippen LogP contribution in [-0.2, 0) is 9.47 Å². The Balaban J connectivity index is 2.32. The molecule has 150 valence electrons. The van der Waals surface area contributed by atoms with Gasteiger partial charge in [0, 0.05) is 52.5 Å². The van der Waals surface area contributed by atoms with Crippen LogP contribution in [0.25, 0.3) is 0 Å². The molecule has 2 unspecified atom stereocenters. The normalized spacial score (nSPS) is 19.0. The van der Waals surface area contributed by atoms with Crippen LogP contribution in [-0.4, -0.2) is 76.1 Å². The van der Waals surface area contributed by atoms with Crippen molar-refractivity contribution in [1.82, 2.24) is 15.5 Å². The molecule has 0 aromatic carbocycles. The van der Waals surface area contributed by atoms with Gasteiger partial charge in [-0.2, -0.15) is 0 Å². The average Bonchev–Trinajstić information content (AvgIpc) is 3.13. The van der Waals surface area contributed by atoms with Crippen molar-refractivity contribution in [2.45, 2.75) is 38.8 Å². The van der Waals surface area contributed by atoms with Crippen LogP contribution in [0.2, 0.25) is 0 Å². The molecule has 0 radical (unpaired) electrons. The van der Waals surface area contributed by atoms with Gasteiger partial charge in [0.05, 0.1) is 12.7 Å². The van der Waals surface area contributed by atoms with Crippen molar-refractivity contribution in [2.75, 3.05) is 53.0 Å². The van der Waals surface area contributed by atoms with Crippen LogP contribution in [0.3, 0.4) is 0 Å². The number of nitrogens with zero attached hydrogens (tertiary/aromatic N) is 2. The van der Waals surface area contributed by atoms with Crippen molar-refractivity contribution >= 4 is 5.96 Å². The summed E-state index contributed by atoms with van der Waals surface area (Å²) < 4.78 is 11.1. The number of nitrogens with one attached hydrogen (secondary N) is 2. The van der Waals surface area contributed by atoms with Gasteiger partial charge < -0.3 is 20.1 Å². The highest BCUT2D eigenvalue weighted by Crippen LogP contribution is 2.10. The van der Waals surface area contributed by atoms with Gasteiger partial charge >= 0.3 is 0 Å². The fourth-order valence-corrected chi connectivity index (χ4v) is 3.06. The molecule has 26 heavy (non-hydrogen) atoms. The zero-order chi connectivity index (χ0) is 19.2. The molecule has 1 aliphatic heterocycles. The fraction of sp³-hybridized carbons (Fsp3) is 0.750. The Morgan fingerprint density at radius 1 is 1.31 bits per heavy atom. The minimum absolute atomic E-state index is 0.278. The van der Waals surface area contributed by atoms with Crippen LogP contribution < -0.4 is 10.6 Å². The highest BCUT2D eigenvalue weighted by molar-refractivity contribution is 5.79. The highest BCUT2D eigenvalue weighted by atomic mass is 16.5. The summed E-state index contributed by atoms with van der Waals surface area (Å²) in [6, 6.07) is 0.384. The zero-order valence-electron chi connectivity index (χ0n) is 16.9. The first-order valence-corrected chi connectivity index (χ1v) is 9.72. The molecule has 1 rings (SSSR count). The summed E-state index contributed by atoms with van der Waals surface area (Å²) in [5.74, 6) is 1.35. The lowest BCUT2D eigenvalue weighted by molar-refractivity contribution is 0.0420. The van der Waals surface area contributed by atoms with Crippen LogP contribution in [0.1, 0.15) is 26.7 Å². The molecule has 1 aliphatic rings. The summed E-state index contributed by atoms with van der Waals surface area (Å²) in [7, 11) is 1.80. The van der Waals surface area contributed by atoms with Crippen molar-refractivity contribution in [3.63, 3.8) is 0 Å². The Hall–Kier alpha value is -1.37. The van der Waals surface area contributed by atoms with E-state index in [0.717, 1.165) is 64.8 Å². The Kier molecular flexibility index (Phi) is 12.0. The first-order chi connectivity index (χ1) is 12.6. The first kappa shape index (κ1) is 22.7. The molecule has 6 heteroatoms. The van der Waals surface area contributed by atoms with Gasteiger partial charge in [-0.05, 0) is 18.8 Å². The molecule has 0 aliphatic carbocycles. The molecule has 2 N–H and O–H groups in total. The van der Waals surface area contributed by atoms with E-state index in [1.807, 2.05) is 12.2 Å². The van der Waals surface area contributed by atoms with E-state index in [1.165, 1.54) is 0 Å². The van der Waals surface area contributed by atoms with Gasteiger partial charge in [0.1, 0.15) is 0 Å². The van der Waals surface area contributed by atoms with E-state index in [4.69, 9.17) is 9.47 Å². The zero-order valence-corrected chi connectivity index (χ0v) is 16.9. The van der Waals surface area contributed by atoms with E-state index >= 15 is 0 Å². The standard InChI is InChI=1S/C20H38N4O2/c1-6-11-24(12-7-2)19(17(3)4)15-23-20(21-5)22-10-8-13-26-18-9-14-25-16-18/h6-7,17-19H,1-2,8-16H2,3-5H3,(H2,21,22,23). The second-order valence-corrected chi connectivity index (χ2v) is 6.93. The molecule has 1 heterocycles. The lowest BCUT2D eigenvalue weighted by Crippen LogP contribution is -2.49. The largest absolute Gasteiger partial charge is 0.379 e. The van der Waals surface area contributed by atoms with E-state index in [0.29, 0.717) is 12.0 Å². The summed E-state index contributed by atoms with van der Waals surface area (Å²) in [6.45, 7) is 17.9. The lowest BCUT2D eigenvalue weighted by Gasteiger charge is -2.33. The Morgan fingerprint density at radius 2 is 2.04 bits per heavy atom. The smallest absolute Gasteiger partial charge is 0.191 e. The van der Waals surface area contributed by atoms with Crippen molar-refractivity contribution in [1.29, 1.82) is 0 Å². The Morgan fingerprint density at radius 3 is 2.58 bits per heavy atom. The van der Waals surface area contributed by atoms with Gasteiger partial charge in [0.15, 0.2) is 5.96 Å². The van der Waals surface area contributed by atoms with Crippen molar-refractivity contribution < 1.29 is 9.47 Å². The van der Waals surface area contributed by atoms with Crippen LogP contribution >= 0.6 is 0 Å². The summed E-state index contributed by atoms with van der Waals surface area (Å²) in [6.07, 6.45) is 6.13. The number of hydrogen-bond acceptors (Lipinski definition) is 4. The van der Waals surface area contributed by atoms with Crippen molar-refractivity contribution in [2.24, 2.45) is 10.9 Å². The first-order valence-electron chi connectivity index (χ1n) is 9.72. The number of guanidine groups is 1. The minimum Gasteiger partial charge on any atom is -0.379 e. The topological polar surface area (TPSA) is 58.1 Å². The summed E-state index contributed by atoms with van der Waals surface area (Å²) >= 11 is 0. The molecule has 1 saturated heterocycles. The van der Waals surface area contributed by atoms with Gasteiger partial charge in [0.2, 0.25) is 0 Å². The van der Waals surface area contributed by atoms with Gasteiger partial charge in [-0.15, -0.1) is 13.2 Å². The maximum absolute atomic E-state index is 5.78. The summed E-state index contributed by atoms with van der Waals surface area (Å²) in [5.41, 5.74) is 0. The predicted molar refractivity (Wildman–Crippen MR) is 110 cm³/mol. The second-order valence-electron chi connectivity index (χ2n) is 6.93. The van der Waals surface area contributed by atoms with E-state index in [1.54, 1.807) is 7.05 Å². The molecule has 1 fully saturated rings. The number of ether oxygens (including phenoxy) is 2. The van der Waals surface area contributed by atoms with Crippen molar-refractivity contribution in [3.05, 3.63) is 25.3 Å². The number of rotatable bonds is 13. The van der Waals surface area contributed by atoms with Gasteiger partial charge in [-0.3, -0.25) is 9.89 Å². The Labute approximate surface area is 159 Å². The molecule has 6 nitrogen and oxygen atoms in total. The molecule has 0 amide bonds. The van der Waals surface area contributed by atoms with Crippen molar-refractivity contribution in [3.8, 4) is 0 Å². The maximum atomic E-state index is 5.78. The van der Waals surface area contributed by atoms with Gasteiger partial charge in [-0.1, -0.05) is 26.0 Å². The molecule has 0 bridgehead atoms. The SMILES string of the molecule is C=CCN(CC=C)C(CNC(=NC)NCCCOC1CCOC1)C(C)C. The summed E-state index contributed by atoms with van der Waals surface area (Å²) in [5, 5.41) is 6.81. The third kappa shape index (κ3) is 8.83. The highest BCUT2D eigenvalue weighted by Gasteiger charge is 2.20. The second kappa shape index (κ2) is 13.8. The van der Waals surface area contributed by atoms with Crippen LogP contribution in [0.4, 0.5) is 0 Å². The lowest BCUT2D eigenvalue weighted by atomic mass is 10.0. The van der Waals surface area contributed by atoms with E-state index in [-0.39, 0.29) is 6.10 Å². The molecule has 0 saturated carbocycles. The molecule has 2 atom stereocenters. The maximum Gasteiger partial charge on any atom is 0.191 e. The number of aliphatic imine (C=N–C) groups is 1. The van der Waals surface area contributed by atoms with E-state index < -0.39 is 0 Å². The predicted octanol–water partition coefficient (Wildman–Crippen LogP) is 2.05. The summed E-state index contributed by atoms with van der Waals surface area (Å²) in [4.78, 5) is 6.70. The van der Waals surface area contributed by atoms with Crippen LogP contribution in [0, 0.1) is 5.92 Å². The van der Waals surface area contributed by atoms with Crippen LogP contribution in [0.15, 0.2) is 30.3 Å². The quantitative estimate of drug-likeness (QED) is 0.226.